The van der Waals surface area contributed by atoms with Crippen LogP contribution in [0.4, 0.5) is 5.13 Å². The summed E-state index contributed by atoms with van der Waals surface area (Å²) in [5.41, 5.74) is 0. The molecule has 4 heterocycles. The van der Waals surface area contributed by atoms with Crippen LogP contribution in [0.3, 0.4) is 0 Å². The third-order valence-electron chi connectivity index (χ3n) is 5.03. The molecule has 0 bridgehead atoms. The van der Waals surface area contributed by atoms with Crippen molar-refractivity contribution in [1.82, 2.24) is 15.1 Å². The zero-order valence-electron chi connectivity index (χ0n) is 12.9. The lowest BCUT2D eigenvalue weighted by molar-refractivity contribution is -0.141. The number of carbonyl (C=O) groups is 1. The molecule has 4 rings (SSSR count). The summed E-state index contributed by atoms with van der Waals surface area (Å²) in [5.74, 6) is 0.729. The third-order valence-corrected chi connectivity index (χ3v) is 5.93. The van der Waals surface area contributed by atoms with Crippen LogP contribution < -0.4 is 4.90 Å². The Kier molecular flexibility index (Phi) is 3.78. The van der Waals surface area contributed by atoms with E-state index in [0.717, 1.165) is 62.0 Å². The predicted molar refractivity (Wildman–Crippen MR) is 84.1 cm³/mol. The van der Waals surface area contributed by atoms with Crippen molar-refractivity contribution >= 4 is 22.4 Å². The van der Waals surface area contributed by atoms with Crippen LogP contribution in [0, 0.1) is 12.8 Å². The van der Waals surface area contributed by atoms with E-state index >= 15 is 0 Å². The Labute approximate surface area is 134 Å². The number of piperidine rings is 1. The van der Waals surface area contributed by atoms with Crippen LogP contribution in [-0.4, -0.2) is 59.4 Å². The van der Waals surface area contributed by atoms with Gasteiger partial charge in [-0.25, -0.2) is 0 Å². The Morgan fingerprint density at radius 3 is 2.82 bits per heavy atom. The zero-order valence-corrected chi connectivity index (χ0v) is 13.7. The minimum atomic E-state index is -0.218. The van der Waals surface area contributed by atoms with E-state index in [4.69, 9.17) is 4.74 Å². The van der Waals surface area contributed by atoms with Gasteiger partial charge < -0.3 is 14.5 Å². The van der Waals surface area contributed by atoms with Gasteiger partial charge in [-0.15, -0.1) is 10.2 Å². The number of aryl methyl sites for hydroxylation is 1. The molecule has 3 aliphatic rings. The van der Waals surface area contributed by atoms with E-state index in [-0.39, 0.29) is 18.1 Å². The maximum absolute atomic E-state index is 12.5. The van der Waals surface area contributed by atoms with E-state index in [0.29, 0.717) is 5.92 Å². The number of hydrogen-bond acceptors (Lipinski definition) is 6. The molecule has 0 N–H and O–H groups in total. The van der Waals surface area contributed by atoms with Gasteiger partial charge in [0.15, 0.2) is 0 Å². The maximum atomic E-state index is 12.5. The van der Waals surface area contributed by atoms with Gasteiger partial charge in [-0.05, 0) is 38.5 Å². The lowest BCUT2D eigenvalue weighted by Crippen LogP contribution is -2.42. The molecule has 3 saturated heterocycles. The highest BCUT2D eigenvalue weighted by Crippen LogP contribution is 2.36. The smallest absolute Gasteiger partial charge is 0.251 e. The second-order valence-corrected chi connectivity index (χ2v) is 7.69. The molecule has 0 saturated carbocycles. The molecule has 1 aromatic rings. The molecule has 0 aliphatic carbocycles. The van der Waals surface area contributed by atoms with Gasteiger partial charge in [0.25, 0.3) is 5.91 Å². The monoisotopic (exact) mass is 322 g/mol. The SMILES string of the molecule is Cc1nnc(N2CC[C@H]3C[C@@H](C(=O)N4CCCC4)O[C@@H]3C2)s1. The number of aromatic nitrogens is 2. The largest absolute Gasteiger partial charge is 0.363 e. The molecule has 0 unspecified atom stereocenters. The average Bonchev–Trinajstić information content (AvgIpc) is 3.25. The summed E-state index contributed by atoms with van der Waals surface area (Å²) >= 11 is 1.63. The molecule has 120 valence electrons. The molecular formula is C15H22N4O2S. The molecule has 0 spiro atoms. The standard InChI is InChI=1S/C15H22N4O2S/c1-10-16-17-15(22-10)19-7-4-11-8-12(21-13(11)9-19)14(20)18-5-2-3-6-18/h11-13H,2-9H2,1H3/t11-,12-,13+/m0/s1. The Morgan fingerprint density at radius 1 is 1.27 bits per heavy atom. The minimum absolute atomic E-state index is 0.162. The van der Waals surface area contributed by atoms with Crippen LogP contribution in [0.5, 0.6) is 0 Å². The van der Waals surface area contributed by atoms with E-state index in [1.807, 2.05) is 11.8 Å². The number of likely N-dealkylation sites (tertiary alicyclic amines) is 1. The predicted octanol–water partition coefficient (Wildman–Crippen LogP) is 1.45. The summed E-state index contributed by atoms with van der Waals surface area (Å²) in [7, 11) is 0. The lowest BCUT2D eigenvalue weighted by Gasteiger charge is -2.33. The summed E-state index contributed by atoms with van der Waals surface area (Å²) in [5, 5.41) is 10.3. The van der Waals surface area contributed by atoms with Crippen LogP contribution in [0.15, 0.2) is 0 Å². The Bertz CT molecular complexity index is 557. The fraction of sp³-hybridized carbons (Fsp3) is 0.800. The van der Waals surface area contributed by atoms with Crippen LogP contribution in [0.2, 0.25) is 0 Å². The number of nitrogens with zero attached hydrogens (tertiary/aromatic N) is 4. The van der Waals surface area contributed by atoms with E-state index < -0.39 is 0 Å². The lowest BCUT2D eigenvalue weighted by atomic mass is 9.92. The first kappa shape index (κ1) is 14.4. The van der Waals surface area contributed by atoms with Gasteiger partial charge in [0.1, 0.15) is 11.1 Å². The normalized spacial score (nSPS) is 31.6. The third kappa shape index (κ3) is 2.60. The van der Waals surface area contributed by atoms with Crippen LogP contribution >= 0.6 is 11.3 Å². The number of hydrogen-bond donors (Lipinski definition) is 0. The summed E-state index contributed by atoms with van der Waals surface area (Å²) in [6.07, 6.45) is 4.18. The van der Waals surface area contributed by atoms with E-state index in [9.17, 15) is 4.79 Å². The molecule has 3 aliphatic heterocycles. The molecule has 7 heteroatoms. The van der Waals surface area contributed by atoms with Crippen molar-refractivity contribution < 1.29 is 9.53 Å². The van der Waals surface area contributed by atoms with Crippen molar-refractivity contribution in [3.63, 3.8) is 0 Å². The van der Waals surface area contributed by atoms with E-state index in [1.54, 1.807) is 11.3 Å². The first-order valence-corrected chi connectivity index (χ1v) is 9.01. The van der Waals surface area contributed by atoms with Gasteiger partial charge in [-0.2, -0.15) is 0 Å². The number of rotatable bonds is 2. The molecule has 22 heavy (non-hydrogen) atoms. The van der Waals surface area contributed by atoms with Crippen LogP contribution in [-0.2, 0) is 9.53 Å². The molecule has 0 radical (unpaired) electrons. The number of anilines is 1. The summed E-state index contributed by atoms with van der Waals surface area (Å²) in [6, 6.07) is 0. The molecule has 3 atom stereocenters. The fourth-order valence-electron chi connectivity index (χ4n) is 3.82. The fourth-order valence-corrected chi connectivity index (χ4v) is 4.54. The highest BCUT2D eigenvalue weighted by Gasteiger charge is 2.43. The molecule has 1 amide bonds. The van der Waals surface area contributed by atoms with Crippen molar-refractivity contribution in [3.8, 4) is 0 Å². The average molecular weight is 322 g/mol. The molecule has 6 nitrogen and oxygen atoms in total. The Morgan fingerprint density at radius 2 is 2.09 bits per heavy atom. The van der Waals surface area contributed by atoms with Crippen molar-refractivity contribution in [2.45, 2.75) is 44.8 Å². The number of carbonyl (C=O) groups excluding carboxylic acids is 1. The van der Waals surface area contributed by atoms with Gasteiger partial charge in [0, 0.05) is 26.2 Å². The highest BCUT2D eigenvalue weighted by molar-refractivity contribution is 7.15. The Balaban J connectivity index is 1.40. The van der Waals surface area contributed by atoms with Crippen molar-refractivity contribution in [3.05, 3.63) is 5.01 Å². The van der Waals surface area contributed by atoms with Gasteiger partial charge in [0.2, 0.25) is 5.13 Å². The van der Waals surface area contributed by atoms with Gasteiger partial charge >= 0.3 is 0 Å². The second-order valence-electron chi connectivity index (χ2n) is 6.53. The number of amides is 1. The summed E-state index contributed by atoms with van der Waals surface area (Å²) in [6.45, 7) is 5.62. The number of fused-ring (bicyclic) bond motifs is 1. The Hall–Kier alpha value is -1.21. The highest BCUT2D eigenvalue weighted by atomic mass is 32.1. The quantitative estimate of drug-likeness (QED) is 0.825. The molecule has 3 fully saturated rings. The topological polar surface area (TPSA) is 58.6 Å². The van der Waals surface area contributed by atoms with Gasteiger partial charge in [0.05, 0.1) is 6.10 Å². The molecule has 1 aromatic heterocycles. The van der Waals surface area contributed by atoms with Crippen molar-refractivity contribution in [2.75, 3.05) is 31.1 Å². The maximum Gasteiger partial charge on any atom is 0.251 e. The summed E-state index contributed by atoms with van der Waals surface area (Å²) in [4.78, 5) is 16.8. The van der Waals surface area contributed by atoms with Gasteiger partial charge in [-0.1, -0.05) is 11.3 Å². The molecule has 0 aromatic carbocycles. The summed E-state index contributed by atoms with van der Waals surface area (Å²) < 4.78 is 6.12. The first-order chi connectivity index (χ1) is 10.7. The van der Waals surface area contributed by atoms with Gasteiger partial charge in [-0.3, -0.25) is 4.79 Å². The molecular weight excluding hydrogens is 300 g/mol. The van der Waals surface area contributed by atoms with E-state index in [1.165, 1.54) is 0 Å². The van der Waals surface area contributed by atoms with Crippen molar-refractivity contribution in [1.29, 1.82) is 0 Å². The zero-order chi connectivity index (χ0) is 15.1. The number of ether oxygens (including phenoxy) is 1. The van der Waals surface area contributed by atoms with Crippen LogP contribution in [0.25, 0.3) is 0 Å². The van der Waals surface area contributed by atoms with Crippen molar-refractivity contribution in [2.24, 2.45) is 5.92 Å². The first-order valence-electron chi connectivity index (χ1n) is 8.20. The van der Waals surface area contributed by atoms with E-state index in [2.05, 4.69) is 15.1 Å². The second kappa shape index (κ2) is 5.77. The van der Waals surface area contributed by atoms with Crippen LogP contribution in [0.1, 0.15) is 30.7 Å². The minimum Gasteiger partial charge on any atom is -0.363 e.